The van der Waals surface area contributed by atoms with E-state index in [4.69, 9.17) is 14.2 Å². The van der Waals surface area contributed by atoms with Gasteiger partial charge in [-0.1, -0.05) is 13.3 Å². The van der Waals surface area contributed by atoms with Crippen molar-refractivity contribution in [2.75, 3.05) is 13.2 Å². The summed E-state index contributed by atoms with van der Waals surface area (Å²) in [4.78, 5) is 21.8. The van der Waals surface area contributed by atoms with Gasteiger partial charge in [0.2, 0.25) is 0 Å². The predicted octanol–water partition coefficient (Wildman–Crippen LogP) is 3.76. The first-order valence-electron chi connectivity index (χ1n) is 7.89. The number of carbonyl (C=O) groups is 1. The van der Waals surface area contributed by atoms with E-state index in [9.17, 15) is 14.9 Å². The van der Waals surface area contributed by atoms with E-state index in [0.29, 0.717) is 12.4 Å². The van der Waals surface area contributed by atoms with Crippen LogP contribution in [0.3, 0.4) is 0 Å². The van der Waals surface area contributed by atoms with Crippen molar-refractivity contribution in [3.8, 4) is 17.2 Å². The van der Waals surface area contributed by atoms with Crippen LogP contribution in [-0.4, -0.2) is 24.1 Å². The SMILES string of the molecule is CCCCOc1ccc(OCC(=O)Oc2ccc([N+](=O)[O-])cc2)cc1. The van der Waals surface area contributed by atoms with Gasteiger partial charge in [0.05, 0.1) is 11.5 Å². The number of nitro groups is 1. The fourth-order valence-electron chi connectivity index (χ4n) is 1.91. The number of non-ortho nitro benzene ring substituents is 1. The zero-order valence-corrected chi connectivity index (χ0v) is 13.8. The molecule has 0 atom stereocenters. The monoisotopic (exact) mass is 345 g/mol. The van der Waals surface area contributed by atoms with Crippen molar-refractivity contribution in [3.05, 3.63) is 58.6 Å². The minimum Gasteiger partial charge on any atom is -0.494 e. The third-order valence-corrected chi connectivity index (χ3v) is 3.23. The minimum absolute atomic E-state index is 0.0719. The molecule has 0 fully saturated rings. The summed E-state index contributed by atoms with van der Waals surface area (Å²) in [7, 11) is 0. The molecule has 0 aromatic heterocycles. The zero-order chi connectivity index (χ0) is 18.1. The Morgan fingerprint density at radius 2 is 1.52 bits per heavy atom. The molecular formula is C18H19NO6. The summed E-state index contributed by atoms with van der Waals surface area (Å²) in [5, 5.41) is 10.6. The van der Waals surface area contributed by atoms with Gasteiger partial charge in [-0.15, -0.1) is 0 Å². The molecule has 0 aliphatic rings. The molecule has 0 unspecified atom stereocenters. The van der Waals surface area contributed by atoms with Crippen LogP contribution in [0.15, 0.2) is 48.5 Å². The van der Waals surface area contributed by atoms with E-state index in [2.05, 4.69) is 6.92 Å². The Hall–Kier alpha value is -3.09. The van der Waals surface area contributed by atoms with Crippen LogP contribution in [0.25, 0.3) is 0 Å². The molecule has 7 heteroatoms. The van der Waals surface area contributed by atoms with Crippen LogP contribution in [0.2, 0.25) is 0 Å². The number of ether oxygens (including phenoxy) is 3. The number of nitrogens with zero attached hydrogens (tertiary/aromatic N) is 1. The molecule has 25 heavy (non-hydrogen) atoms. The molecule has 0 spiro atoms. The summed E-state index contributed by atoms with van der Waals surface area (Å²) in [5.74, 6) is 0.883. The van der Waals surface area contributed by atoms with Gasteiger partial charge in [0.1, 0.15) is 17.2 Å². The summed E-state index contributed by atoms with van der Waals surface area (Å²) in [5.41, 5.74) is -0.0719. The number of unbranched alkanes of at least 4 members (excludes halogenated alkanes) is 1. The molecule has 2 aromatic rings. The molecule has 0 aliphatic heterocycles. The number of rotatable bonds is 9. The van der Waals surface area contributed by atoms with E-state index in [1.807, 2.05) is 0 Å². The molecule has 0 N–H and O–H groups in total. The van der Waals surface area contributed by atoms with E-state index in [0.717, 1.165) is 18.6 Å². The van der Waals surface area contributed by atoms with E-state index < -0.39 is 10.9 Å². The molecule has 2 aromatic carbocycles. The molecule has 0 bridgehead atoms. The fraction of sp³-hybridized carbons (Fsp3) is 0.278. The van der Waals surface area contributed by atoms with Gasteiger partial charge in [0.15, 0.2) is 6.61 Å². The number of carbonyl (C=O) groups excluding carboxylic acids is 1. The topological polar surface area (TPSA) is 87.9 Å². The second kappa shape index (κ2) is 9.27. The van der Waals surface area contributed by atoms with E-state index in [1.165, 1.54) is 24.3 Å². The predicted molar refractivity (Wildman–Crippen MR) is 91.1 cm³/mol. The van der Waals surface area contributed by atoms with Gasteiger partial charge >= 0.3 is 5.97 Å². The third kappa shape index (κ3) is 6.14. The number of hydrogen-bond donors (Lipinski definition) is 0. The van der Waals surface area contributed by atoms with E-state index >= 15 is 0 Å². The highest BCUT2D eigenvalue weighted by molar-refractivity contribution is 5.74. The number of esters is 1. The number of nitro benzene ring substituents is 1. The van der Waals surface area contributed by atoms with Crippen LogP contribution in [0.5, 0.6) is 17.2 Å². The van der Waals surface area contributed by atoms with Crippen LogP contribution in [0, 0.1) is 10.1 Å². The summed E-state index contributed by atoms with van der Waals surface area (Å²) >= 11 is 0. The lowest BCUT2D eigenvalue weighted by molar-refractivity contribution is -0.384. The van der Waals surface area contributed by atoms with E-state index in [-0.39, 0.29) is 18.0 Å². The molecule has 132 valence electrons. The molecule has 0 saturated heterocycles. The Kier molecular flexibility index (Phi) is 6.76. The van der Waals surface area contributed by atoms with Crippen LogP contribution in [0.4, 0.5) is 5.69 Å². The first-order valence-corrected chi connectivity index (χ1v) is 7.89. The Bertz CT molecular complexity index is 697. The van der Waals surface area contributed by atoms with Crippen LogP contribution in [-0.2, 0) is 4.79 Å². The Morgan fingerprint density at radius 3 is 2.08 bits per heavy atom. The molecule has 7 nitrogen and oxygen atoms in total. The smallest absolute Gasteiger partial charge is 0.349 e. The lowest BCUT2D eigenvalue weighted by Gasteiger charge is -2.08. The molecule has 0 aliphatic carbocycles. The average molecular weight is 345 g/mol. The number of hydrogen-bond acceptors (Lipinski definition) is 6. The lowest BCUT2D eigenvalue weighted by Crippen LogP contribution is -2.17. The lowest BCUT2D eigenvalue weighted by atomic mass is 10.3. The molecular weight excluding hydrogens is 326 g/mol. The Balaban J connectivity index is 1.78. The van der Waals surface area contributed by atoms with Gasteiger partial charge in [0.25, 0.3) is 5.69 Å². The number of benzene rings is 2. The normalized spacial score (nSPS) is 10.1. The second-order valence-electron chi connectivity index (χ2n) is 5.19. The van der Waals surface area contributed by atoms with Crippen LogP contribution >= 0.6 is 0 Å². The van der Waals surface area contributed by atoms with Crippen LogP contribution in [0.1, 0.15) is 19.8 Å². The summed E-state index contributed by atoms with van der Waals surface area (Å²) in [6.45, 7) is 2.49. The highest BCUT2D eigenvalue weighted by atomic mass is 16.6. The van der Waals surface area contributed by atoms with Crippen molar-refractivity contribution < 1.29 is 23.9 Å². The molecule has 2 rings (SSSR count). The highest BCUT2D eigenvalue weighted by Crippen LogP contribution is 2.19. The van der Waals surface area contributed by atoms with Gasteiger partial charge in [-0.3, -0.25) is 10.1 Å². The first-order chi connectivity index (χ1) is 12.1. The zero-order valence-electron chi connectivity index (χ0n) is 13.8. The average Bonchev–Trinajstić information content (AvgIpc) is 2.62. The van der Waals surface area contributed by atoms with Gasteiger partial charge in [0, 0.05) is 12.1 Å². The summed E-state index contributed by atoms with van der Waals surface area (Å²) in [6, 6.07) is 12.2. The fourth-order valence-corrected chi connectivity index (χ4v) is 1.91. The van der Waals surface area contributed by atoms with Crippen LogP contribution < -0.4 is 14.2 Å². The maximum atomic E-state index is 11.7. The first kappa shape index (κ1) is 18.3. The quantitative estimate of drug-likeness (QED) is 0.226. The maximum Gasteiger partial charge on any atom is 0.349 e. The summed E-state index contributed by atoms with van der Waals surface area (Å²) in [6.07, 6.45) is 2.06. The van der Waals surface area contributed by atoms with Gasteiger partial charge in [-0.05, 0) is 42.8 Å². The Labute approximate surface area is 145 Å². The van der Waals surface area contributed by atoms with Gasteiger partial charge in [-0.25, -0.2) is 4.79 Å². The second-order valence-corrected chi connectivity index (χ2v) is 5.19. The largest absolute Gasteiger partial charge is 0.494 e. The van der Waals surface area contributed by atoms with Gasteiger partial charge in [-0.2, -0.15) is 0 Å². The van der Waals surface area contributed by atoms with Crippen molar-refractivity contribution in [3.63, 3.8) is 0 Å². The van der Waals surface area contributed by atoms with Crippen molar-refractivity contribution >= 4 is 11.7 Å². The molecule has 0 saturated carbocycles. The van der Waals surface area contributed by atoms with Crippen molar-refractivity contribution in [2.45, 2.75) is 19.8 Å². The Morgan fingerprint density at radius 1 is 0.960 bits per heavy atom. The van der Waals surface area contributed by atoms with Gasteiger partial charge < -0.3 is 14.2 Å². The van der Waals surface area contributed by atoms with Crippen molar-refractivity contribution in [1.29, 1.82) is 0 Å². The maximum absolute atomic E-state index is 11.7. The molecule has 0 heterocycles. The minimum atomic E-state index is -0.600. The summed E-state index contributed by atoms with van der Waals surface area (Å²) < 4.78 is 15.9. The van der Waals surface area contributed by atoms with Crippen molar-refractivity contribution in [2.24, 2.45) is 0 Å². The van der Waals surface area contributed by atoms with E-state index in [1.54, 1.807) is 24.3 Å². The highest BCUT2D eigenvalue weighted by Gasteiger charge is 2.09. The molecule has 0 radical (unpaired) electrons. The molecule has 0 amide bonds. The standard InChI is InChI=1S/C18H19NO6/c1-2-3-12-23-15-8-10-16(11-9-15)24-13-18(20)25-17-6-4-14(5-7-17)19(21)22/h4-11H,2-3,12-13H2,1H3. The third-order valence-electron chi connectivity index (χ3n) is 3.23. The van der Waals surface area contributed by atoms with Crippen molar-refractivity contribution in [1.82, 2.24) is 0 Å².